The first kappa shape index (κ1) is 16.4. The monoisotopic (exact) mass is 258 g/mol. The van der Waals surface area contributed by atoms with E-state index in [0.29, 0.717) is 6.61 Å². The molecule has 0 unspecified atom stereocenters. The largest absolute Gasteiger partial charge is 0.463 e. The molecule has 3 nitrogen and oxygen atoms in total. The number of hydrogen-bond acceptors (Lipinski definition) is 3. The van der Waals surface area contributed by atoms with Gasteiger partial charge in [-0.2, -0.15) is 0 Å². The third kappa shape index (κ3) is 6.63. The van der Waals surface area contributed by atoms with Gasteiger partial charge >= 0.3 is 5.97 Å². The minimum atomic E-state index is -1.54. The molecule has 0 rings (SSSR count). The fourth-order valence-electron chi connectivity index (χ4n) is 1.94. The molecule has 0 N–H and O–H groups in total. The molecule has 17 heavy (non-hydrogen) atoms. The van der Waals surface area contributed by atoms with Gasteiger partial charge in [0, 0.05) is 12.7 Å². The van der Waals surface area contributed by atoms with Crippen LogP contribution in [-0.4, -0.2) is 27.5 Å². The molecule has 4 heteroatoms. The van der Waals surface area contributed by atoms with E-state index in [1.54, 1.807) is 6.08 Å². The van der Waals surface area contributed by atoms with E-state index in [1.165, 1.54) is 6.08 Å². The van der Waals surface area contributed by atoms with Gasteiger partial charge in [0.15, 0.2) is 8.32 Å². The Balaban J connectivity index is 3.94. The Morgan fingerprint density at radius 2 is 1.88 bits per heavy atom. The Morgan fingerprint density at radius 3 is 2.35 bits per heavy atom. The van der Waals surface area contributed by atoms with Gasteiger partial charge in [-0.25, -0.2) is 4.79 Å². The lowest BCUT2D eigenvalue weighted by atomic mass is 10.5. The summed E-state index contributed by atoms with van der Waals surface area (Å²) in [6, 6.07) is 3.36. The van der Waals surface area contributed by atoms with Crippen LogP contribution in [0.25, 0.3) is 0 Å². The number of rotatable bonds is 9. The van der Waals surface area contributed by atoms with E-state index in [0.717, 1.165) is 31.2 Å². The number of carbonyl (C=O) groups is 1. The zero-order valence-electron chi connectivity index (χ0n) is 11.6. The van der Waals surface area contributed by atoms with E-state index in [4.69, 9.17) is 9.16 Å². The second kappa shape index (κ2) is 9.42. The van der Waals surface area contributed by atoms with E-state index in [2.05, 4.69) is 20.8 Å². The molecule has 0 aromatic heterocycles. The molecule has 0 aliphatic heterocycles. The van der Waals surface area contributed by atoms with Gasteiger partial charge in [0.2, 0.25) is 0 Å². The zero-order chi connectivity index (χ0) is 13.1. The molecule has 0 aliphatic rings. The predicted octanol–water partition coefficient (Wildman–Crippen LogP) is 3.52. The maximum atomic E-state index is 11.1. The molecule has 0 heterocycles. The second-order valence-corrected chi connectivity index (χ2v) is 8.66. The van der Waals surface area contributed by atoms with Crippen molar-refractivity contribution in [3.63, 3.8) is 0 Å². The Morgan fingerprint density at radius 1 is 1.24 bits per heavy atom. The third-order valence-electron chi connectivity index (χ3n) is 3.06. The first-order valence-electron chi connectivity index (χ1n) is 6.57. The van der Waals surface area contributed by atoms with Crippen LogP contribution in [0.4, 0.5) is 0 Å². The molecule has 0 aliphatic carbocycles. The summed E-state index contributed by atoms with van der Waals surface area (Å²) in [5.74, 6) is -0.246. The maximum absolute atomic E-state index is 11.1. The third-order valence-corrected chi connectivity index (χ3v) is 7.81. The van der Waals surface area contributed by atoms with Crippen molar-refractivity contribution in [1.29, 1.82) is 0 Å². The molecule has 0 saturated heterocycles. The standard InChI is InChI=1S/C13H26O3Si/c1-5-10-13(14)15-11-9-12-17(7-3,8-4)16-6-2/h5,10H,6-9,11-12H2,1-4H3. The molecule has 0 bridgehead atoms. The van der Waals surface area contributed by atoms with Crippen molar-refractivity contribution in [3.05, 3.63) is 12.2 Å². The number of allylic oxidation sites excluding steroid dienone is 1. The summed E-state index contributed by atoms with van der Waals surface area (Å²) in [5, 5.41) is 0. The van der Waals surface area contributed by atoms with Crippen molar-refractivity contribution < 1.29 is 14.0 Å². The first-order chi connectivity index (χ1) is 8.14. The molecule has 100 valence electrons. The molecular formula is C13H26O3Si. The van der Waals surface area contributed by atoms with Crippen molar-refractivity contribution in [2.24, 2.45) is 0 Å². The van der Waals surface area contributed by atoms with Gasteiger partial charge in [-0.05, 0) is 38.4 Å². The minimum Gasteiger partial charge on any atom is -0.463 e. The van der Waals surface area contributed by atoms with Crippen molar-refractivity contribution in [2.75, 3.05) is 13.2 Å². The summed E-state index contributed by atoms with van der Waals surface area (Å²) in [6.07, 6.45) is 4.06. The molecule has 0 aromatic rings. The van der Waals surface area contributed by atoms with Gasteiger partial charge in [-0.3, -0.25) is 0 Å². The molecular weight excluding hydrogens is 232 g/mol. The molecule has 0 amide bonds. The van der Waals surface area contributed by atoms with Gasteiger partial charge in [0.25, 0.3) is 0 Å². The van der Waals surface area contributed by atoms with Crippen molar-refractivity contribution in [3.8, 4) is 0 Å². The van der Waals surface area contributed by atoms with Crippen molar-refractivity contribution >= 4 is 14.3 Å². The number of hydrogen-bond donors (Lipinski definition) is 0. The normalized spacial score (nSPS) is 12.0. The van der Waals surface area contributed by atoms with Crippen LogP contribution in [0.3, 0.4) is 0 Å². The lowest BCUT2D eigenvalue weighted by Crippen LogP contribution is -2.36. The number of carbonyl (C=O) groups excluding carboxylic acids is 1. The quantitative estimate of drug-likeness (QED) is 0.275. The Kier molecular flexibility index (Phi) is 9.08. The van der Waals surface area contributed by atoms with Crippen LogP contribution >= 0.6 is 0 Å². The van der Waals surface area contributed by atoms with E-state index >= 15 is 0 Å². The Bertz CT molecular complexity index is 235. The van der Waals surface area contributed by atoms with Crippen LogP contribution < -0.4 is 0 Å². The van der Waals surface area contributed by atoms with Gasteiger partial charge in [-0.15, -0.1) is 0 Å². The Hall–Kier alpha value is -0.613. The van der Waals surface area contributed by atoms with Gasteiger partial charge in [0.1, 0.15) is 0 Å². The SMILES string of the molecule is CC=CC(=O)OCCC[Si](CC)(CC)OCC. The lowest BCUT2D eigenvalue weighted by Gasteiger charge is -2.28. The summed E-state index contributed by atoms with van der Waals surface area (Å²) >= 11 is 0. The molecule has 0 spiro atoms. The minimum absolute atomic E-state index is 0.246. The summed E-state index contributed by atoms with van der Waals surface area (Å²) < 4.78 is 11.1. The maximum Gasteiger partial charge on any atom is 0.330 e. The smallest absolute Gasteiger partial charge is 0.330 e. The highest BCUT2D eigenvalue weighted by Gasteiger charge is 2.29. The summed E-state index contributed by atoms with van der Waals surface area (Å²) in [6.45, 7) is 9.58. The fraction of sp³-hybridized carbons (Fsp3) is 0.769. The van der Waals surface area contributed by atoms with Crippen molar-refractivity contribution in [2.45, 2.75) is 52.2 Å². The first-order valence-corrected chi connectivity index (χ1v) is 9.10. The van der Waals surface area contributed by atoms with Gasteiger partial charge in [0.05, 0.1) is 6.61 Å². The highest BCUT2D eigenvalue weighted by atomic mass is 28.4. The van der Waals surface area contributed by atoms with Crippen molar-refractivity contribution in [1.82, 2.24) is 0 Å². The van der Waals surface area contributed by atoms with E-state index in [1.807, 2.05) is 6.92 Å². The van der Waals surface area contributed by atoms with Crippen LogP contribution in [0.15, 0.2) is 12.2 Å². The average molecular weight is 258 g/mol. The molecule has 0 atom stereocenters. The predicted molar refractivity (Wildman–Crippen MR) is 73.5 cm³/mol. The molecule has 0 aromatic carbocycles. The van der Waals surface area contributed by atoms with Crippen LogP contribution in [0.5, 0.6) is 0 Å². The fourth-order valence-corrected chi connectivity index (χ4v) is 5.10. The highest BCUT2D eigenvalue weighted by molar-refractivity contribution is 6.73. The second-order valence-electron chi connectivity index (χ2n) is 4.09. The van der Waals surface area contributed by atoms with E-state index < -0.39 is 8.32 Å². The highest BCUT2D eigenvalue weighted by Crippen LogP contribution is 2.23. The van der Waals surface area contributed by atoms with Crippen LogP contribution in [-0.2, 0) is 14.0 Å². The number of esters is 1. The topological polar surface area (TPSA) is 35.5 Å². The zero-order valence-corrected chi connectivity index (χ0v) is 12.6. The Labute approximate surface area is 106 Å². The van der Waals surface area contributed by atoms with Crippen LogP contribution in [0, 0.1) is 0 Å². The van der Waals surface area contributed by atoms with Gasteiger partial charge in [-0.1, -0.05) is 19.9 Å². The summed E-state index contributed by atoms with van der Waals surface area (Å²) in [4.78, 5) is 11.1. The van der Waals surface area contributed by atoms with Crippen LogP contribution in [0.2, 0.25) is 18.1 Å². The van der Waals surface area contributed by atoms with Crippen LogP contribution in [0.1, 0.15) is 34.1 Å². The molecule has 0 saturated carbocycles. The summed E-state index contributed by atoms with van der Waals surface area (Å²) in [7, 11) is -1.54. The molecule has 0 radical (unpaired) electrons. The number of ether oxygens (including phenoxy) is 1. The molecule has 0 fully saturated rings. The van der Waals surface area contributed by atoms with E-state index in [-0.39, 0.29) is 5.97 Å². The summed E-state index contributed by atoms with van der Waals surface area (Å²) in [5.41, 5.74) is 0. The average Bonchev–Trinajstić information content (AvgIpc) is 2.33. The van der Waals surface area contributed by atoms with E-state index in [9.17, 15) is 4.79 Å². The lowest BCUT2D eigenvalue weighted by molar-refractivity contribution is -0.137. The van der Waals surface area contributed by atoms with Gasteiger partial charge < -0.3 is 9.16 Å².